The number of thioether (sulfide) groups is 1. The molecule has 0 aliphatic heterocycles. The van der Waals surface area contributed by atoms with E-state index in [0.29, 0.717) is 27.6 Å². The number of H-pyrrole nitrogens is 1. The largest absolute Gasteiger partial charge is 0.338 e. The lowest BCUT2D eigenvalue weighted by Gasteiger charge is -2.01. The standard InChI is InChI=1S/C16H10BrN5O2S/c17-10-5-3-6-11-13(10)14-15(18-11)19-16(21-20-14)25-8-9-4-1-2-7-12(9)22(23)24/h1-7H,8H2,(H,18,19,21). The number of rotatable bonds is 4. The lowest BCUT2D eigenvalue weighted by atomic mass is 10.2. The molecular formula is C16H10BrN5O2S. The molecule has 0 radical (unpaired) electrons. The number of fused-ring (bicyclic) bond motifs is 3. The molecule has 2 heterocycles. The maximum Gasteiger partial charge on any atom is 0.273 e. The Labute approximate surface area is 154 Å². The molecule has 2 aromatic carbocycles. The number of nitro groups is 1. The minimum absolute atomic E-state index is 0.0959. The molecule has 0 atom stereocenters. The highest BCUT2D eigenvalue weighted by Gasteiger charge is 2.15. The van der Waals surface area contributed by atoms with Crippen molar-refractivity contribution < 1.29 is 4.92 Å². The third-order valence-corrected chi connectivity index (χ3v) is 5.26. The second kappa shape index (κ2) is 6.41. The Morgan fingerprint density at radius 2 is 2.00 bits per heavy atom. The smallest absolute Gasteiger partial charge is 0.273 e. The normalized spacial score (nSPS) is 11.2. The van der Waals surface area contributed by atoms with Crippen molar-refractivity contribution in [2.24, 2.45) is 0 Å². The monoisotopic (exact) mass is 415 g/mol. The zero-order valence-electron chi connectivity index (χ0n) is 12.6. The van der Waals surface area contributed by atoms with Crippen molar-refractivity contribution in [2.45, 2.75) is 10.9 Å². The van der Waals surface area contributed by atoms with E-state index >= 15 is 0 Å². The minimum atomic E-state index is -0.382. The Morgan fingerprint density at radius 3 is 2.84 bits per heavy atom. The number of halogens is 1. The van der Waals surface area contributed by atoms with Gasteiger partial charge in [-0.25, -0.2) is 4.98 Å². The topological polar surface area (TPSA) is 97.6 Å². The maximum atomic E-state index is 11.1. The summed E-state index contributed by atoms with van der Waals surface area (Å²) in [6, 6.07) is 12.5. The summed E-state index contributed by atoms with van der Waals surface area (Å²) in [6.45, 7) is 0. The molecule has 0 unspecified atom stereocenters. The maximum absolute atomic E-state index is 11.1. The zero-order chi connectivity index (χ0) is 17.4. The second-order valence-corrected chi connectivity index (χ2v) is 7.05. The van der Waals surface area contributed by atoms with Gasteiger partial charge < -0.3 is 4.98 Å². The predicted molar refractivity (Wildman–Crippen MR) is 99.5 cm³/mol. The molecule has 0 amide bonds. The van der Waals surface area contributed by atoms with Crippen LogP contribution in [-0.4, -0.2) is 25.1 Å². The van der Waals surface area contributed by atoms with Gasteiger partial charge in [0.2, 0.25) is 5.16 Å². The van der Waals surface area contributed by atoms with Gasteiger partial charge in [-0.3, -0.25) is 10.1 Å². The van der Waals surface area contributed by atoms with Crippen molar-refractivity contribution in [2.75, 3.05) is 0 Å². The molecule has 7 nitrogen and oxygen atoms in total. The van der Waals surface area contributed by atoms with Crippen LogP contribution in [0.25, 0.3) is 22.1 Å². The highest BCUT2D eigenvalue weighted by molar-refractivity contribution is 9.10. The summed E-state index contributed by atoms with van der Waals surface area (Å²) in [5.74, 6) is 0.397. The van der Waals surface area contributed by atoms with Crippen molar-refractivity contribution in [3.05, 3.63) is 62.6 Å². The molecular weight excluding hydrogens is 406 g/mol. The van der Waals surface area contributed by atoms with Gasteiger partial charge in [-0.15, -0.1) is 10.2 Å². The number of nitro benzene ring substituents is 1. The van der Waals surface area contributed by atoms with E-state index in [1.54, 1.807) is 18.2 Å². The highest BCUT2D eigenvalue weighted by atomic mass is 79.9. The van der Waals surface area contributed by atoms with Crippen molar-refractivity contribution in [3.8, 4) is 0 Å². The average molecular weight is 416 g/mol. The molecule has 4 rings (SSSR count). The summed E-state index contributed by atoms with van der Waals surface area (Å²) in [6.07, 6.45) is 0. The summed E-state index contributed by atoms with van der Waals surface area (Å²) < 4.78 is 0.924. The van der Waals surface area contributed by atoms with Gasteiger partial charge in [0, 0.05) is 27.2 Å². The molecule has 25 heavy (non-hydrogen) atoms. The number of aromatic nitrogens is 4. The Balaban J connectivity index is 1.66. The van der Waals surface area contributed by atoms with Gasteiger partial charge in [0.25, 0.3) is 5.69 Å². The fourth-order valence-corrected chi connectivity index (χ4v) is 3.91. The first-order valence-electron chi connectivity index (χ1n) is 7.29. The van der Waals surface area contributed by atoms with E-state index in [1.807, 2.05) is 18.2 Å². The van der Waals surface area contributed by atoms with Gasteiger partial charge in [-0.2, -0.15) is 0 Å². The number of hydrogen-bond acceptors (Lipinski definition) is 6. The average Bonchev–Trinajstić information content (AvgIpc) is 2.99. The van der Waals surface area contributed by atoms with Gasteiger partial charge in [0.1, 0.15) is 5.52 Å². The molecule has 124 valence electrons. The quantitative estimate of drug-likeness (QED) is 0.300. The van der Waals surface area contributed by atoms with Crippen LogP contribution >= 0.6 is 27.7 Å². The lowest BCUT2D eigenvalue weighted by molar-refractivity contribution is -0.385. The molecule has 0 bridgehead atoms. The Bertz CT molecular complexity index is 1110. The molecule has 0 aliphatic rings. The molecule has 0 saturated carbocycles. The first kappa shape index (κ1) is 16.0. The minimum Gasteiger partial charge on any atom is -0.338 e. The Hall–Kier alpha value is -2.52. The van der Waals surface area contributed by atoms with Crippen molar-refractivity contribution >= 4 is 55.4 Å². The number of para-hydroxylation sites is 1. The molecule has 0 saturated heterocycles. The van der Waals surface area contributed by atoms with Crippen molar-refractivity contribution in [3.63, 3.8) is 0 Å². The summed E-state index contributed by atoms with van der Waals surface area (Å²) in [7, 11) is 0. The van der Waals surface area contributed by atoms with Crippen molar-refractivity contribution in [1.29, 1.82) is 0 Å². The van der Waals surface area contributed by atoms with E-state index in [0.717, 1.165) is 15.4 Å². The fourth-order valence-electron chi connectivity index (χ4n) is 2.58. The van der Waals surface area contributed by atoms with Crippen LogP contribution < -0.4 is 0 Å². The first-order chi connectivity index (χ1) is 12.1. The SMILES string of the molecule is O=[N+]([O-])c1ccccc1CSc1nnc2c(n1)[nH]c1cccc(Br)c12. The molecule has 0 spiro atoms. The van der Waals surface area contributed by atoms with E-state index < -0.39 is 0 Å². The molecule has 1 N–H and O–H groups in total. The first-order valence-corrected chi connectivity index (χ1v) is 9.07. The van der Waals surface area contributed by atoms with Crippen LogP contribution in [0.4, 0.5) is 5.69 Å². The van der Waals surface area contributed by atoms with Crippen LogP contribution in [0.5, 0.6) is 0 Å². The molecule has 0 fully saturated rings. The molecule has 2 aromatic heterocycles. The Morgan fingerprint density at radius 1 is 1.16 bits per heavy atom. The van der Waals surface area contributed by atoms with E-state index in [9.17, 15) is 10.1 Å². The number of nitrogens with zero attached hydrogens (tertiary/aromatic N) is 4. The van der Waals surface area contributed by atoms with Gasteiger partial charge in [0.05, 0.1) is 10.4 Å². The van der Waals surface area contributed by atoms with E-state index in [4.69, 9.17) is 0 Å². The molecule has 9 heteroatoms. The van der Waals surface area contributed by atoms with Gasteiger partial charge in [-0.05, 0) is 12.1 Å². The third kappa shape index (κ3) is 2.96. The van der Waals surface area contributed by atoms with Gasteiger partial charge >= 0.3 is 0 Å². The van der Waals surface area contributed by atoms with Crippen LogP contribution in [-0.2, 0) is 5.75 Å². The number of nitrogens with one attached hydrogen (secondary N) is 1. The number of hydrogen-bond donors (Lipinski definition) is 1. The van der Waals surface area contributed by atoms with Crippen LogP contribution in [0.15, 0.2) is 52.1 Å². The Kier molecular flexibility index (Phi) is 4.10. The number of benzene rings is 2. The molecule has 4 aromatic rings. The van der Waals surface area contributed by atoms with E-state index in [1.165, 1.54) is 17.8 Å². The summed E-state index contributed by atoms with van der Waals surface area (Å²) >= 11 is 4.83. The lowest BCUT2D eigenvalue weighted by Crippen LogP contribution is -1.95. The summed E-state index contributed by atoms with van der Waals surface area (Å²) in [4.78, 5) is 18.4. The summed E-state index contributed by atoms with van der Waals surface area (Å²) in [5, 5.41) is 20.9. The zero-order valence-corrected chi connectivity index (χ0v) is 15.0. The van der Waals surface area contributed by atoms with E-state index in [-0.39, 0.29) is 10.6 Å². The number of aromatic amines is 1. The van der Waals surface area contributed by atoms with Gasteiger partial charge in [-0.1, -0.05) is 52.0 Å². The second-order valence-electron chi connectivity index (χ2n) is 5.25. The van der Waals surface area contributed by atoms with Crippen molar-refractivity contribution in [1.82, 2.24) is 20.2 Å². The summed E-state index contributed by atoms with van der Waals surface area (Å²) in [5.41, 5.74) is 2.98. The van der Waals surface area contributed by atoms with Crippen LogP contribution in [0.2, 0.25) is 0 Å². The third-order valence-electron chi connectivity index (χ3n) is 3.72. The van der Waals surface area contributed by atoms with Crippen LogP contribution in [0.1, 0.15) is 5.56 Å². The predicted octanol–water partition coefficient (Wildman–Crippen LogP) is 4.47. The van der Waals surface area contributed by atoms with Crippen LogP contribution in [0.3, 0.4) is 0 Å². The van der Waals surface area contributed by atoms with Gasteiger partial charge in [0.15, 0.2) is 5.65 Å². The highest BCUT2D eigenvalue weighted by Crippen LogP contribution is 2.31. The fraction of sp³-hybridized carbons (Fsp3) is 0.0625. The van der Waals surface area contributed by atoms with E-state index in [2.05, 4.69) is 36.1 Å². The molecule has 0 aliphatic carbocycles. The van der Waals surface area contributed by atoms with Crippen LogP contribution in [0, 0.1) is 10.1 Å².